The van der Waals surface area contributed by atoms with Gasteiger partial charge in [0.15, 0.2) is 9.84 Å². The second-order valence-corrected chi connectivity index (χ2v) is 6.33. The first kappa shape index (κ1) is 14.2. The van der Waals surface area contributed by atoms with Crippen LogP contribution in [0, 0.1) is 11.3 Å². The van der Waals surface area contributed by atoms with E-state index in [0.717, 1.165) is 0 Å². The Hall–Kier alpha value is -2.17. The molecule has 0 spiro atoms. The first-order chi connectivity index (χ1) is 9.55. The van der Waals surface area contributed by atoms with Crippen molar-refractivity contribution in [2.75, 3.05) is 5.75 Å². The van der Waals surface area contributed by atoms with Gasteiger partial charge in [0, 0.05) is 12.7 Å². The second kappa shape index (κ2) is 5.86. The maximum absolute atomic E-state index is 12.1. The van der Waals surface area contributed by atoms with Crippen LogP contribution in [0.25, 0.3) is 0 Å². The van der Waals surface area contributed by atoms with Crippen molar-refractivity contribution >= 4 is 9.84 Å². The summed E-state index contributed by atoms with van der Waals surface area (Å²) >= 11 is 0. The van der Waals surface area contributed by atoms with Gasteiger partial charge in [0.2, 0.25) is 0 Å². The highest BCUT2D eigenvalue weighted by Gasteiger charge is 2.14. The van der Waals surface area contributed by atoms with Crippen molar-refractivity contribution in [1.82, 2.24) is 9.55 Å². The fourth-order valence-corrected chi connectivity index (χ4v) is 2.93. The van der Waals surface area contributed by atoms with Gasteiger partial charge in [0.1, 0.15) is 0 Å². The third kappa shape index (κ3) is 3.23. The summed E-state index contributed by atoms with van der Waals surface area (Å²) in [6, 6.07) is 7.77. The SMILES string of the molecule is N#Cc1ccc(S(=O)(=O)CCn2cnc(CO)c2)cc1. The van der Waals surface area contributed by atoms with E-state index in [1.54, 1.807) is 10.8 Å². The number of nitrogens with zero attached hydrogens (tertiary/aromatic N) is 3. The lowest BCUT2D eigenvalue weighted by atomic mass is 10.2. The average molecular weight is 291 g/mol. The Bertz CT molecular complexity index is 727. The van der Waals surface area contributed by atoms with Crippen molar-refractivity contribution in [2.24, 2.45) is 0 Å². The van der Waals surface area contributed by atoms with Crippen LogP contribution >= 0.6 is 0 Å². The largest absolute Gasteiger partial charge is 0.390 e. The summed E-state index contributed by atoms with van der Waals surface area (Å²) in [6.07, 6.45) is 3.09. The molecule has 2 rings (SSSR count). The number of hydrogen-bond acceptors (Lipinski definition) is 5. The number of sulfone groups is 1. The van der Waals surface area contributed by atoms with Crippen LogP contribution < -0.4 is 0 Å². The maximum atomic E-state index is 12.1. The summed E-state index contributed by atoms with van der Waals surface area (Å²) in [5, 5.41) is 17.6. The number of nitriles is 1. The van der Waals surface area contributed by atoms with Crippen LogP contribution in [-0.4, -0.2) is 28.8 Å². The molecule has 1 aromatic heterocycles. The van der Waals surface area contributed by atoms with Gasteiger partial charge in [0.05, 0.1) is 40.9 Å². The second-order valence-electron chi connectivity index (χ2n) is 4.22. The predicted molar refractivity (Wildman–Crippen MR) is 71.4 cm³/mol. The minimum absolute atomic E-state index is 0.0693. The zero-order valence-electron chi connectivity index (χ0n) is 10.6. The van der Waals surface area contributed by atoms with Gasteiger partial charge in [-0.15, -0.1) is 0 Å². The zero-order chi connectivity index (χ0) is 14.6. The third-order valence-corrected chi connectivity index (χ3v) is 4.52. The maximum Gasteiger partial charge on any atom is 0.180 e. The lowest BCUT2D eigenvalue weighted by Crippen LogP contribution is -2.12. The van der Waals surface area contributed by atoms with Crippen LogP contribution in [0.2, 0.25) is 0 Å². The normalized spacial score (nSPS) is 11.2. The van der Waals surface area contributed by atoms with Crippen LogP contribution in [0.15, 0.2) is 41.7 Å². The van der Waals surface area contributed by atoms with Gasteiger partial charge in [-0.05, 0) is 24.3 Å². The van der Waals surface area contributed by atoms with E-state index in [-0.39, 0.29) is 23.8 Å². The van der Waals surface area contributed by atoms with Gasteiger partial charge in [-0.1, -0.05) is 0 Å². The Kier molecular flexibility index (Phi) is 4.17. The Morgan fingerprint density at radius 3 is 2.55 bits per heavy atom. The Balaban J connectivity index is 2.08. The lowest BCUT2D eigenvalue weighted by molar-refractivity contribution is 0.277. The van der Waals surface area contributed by atoms with E-state index in [0.29, 0.717) is 11.3 Å². The molecule has 1 N–H and O–H groups in total. The van der Waals surface area contributed by atoms with Crippen LogP contribution in [0.1, 0.15) is 11.3 Å². The zero-order valence-corrected chi connectivity index (χ0v) is 11.4. The summed E-state index contributed by atoms with van der Waals surface area (Å²) in [4.78, 5) is 4.11. The number of aliphatic hydroxyl groups is 1. The molecular formula is C13H13N3O3S. The van der Waals surface area contributed by atoms with Crippen LogP contribution in [-0.2, 0) is 23.0 Å². The molecular weight excluding hydrogens is 278 g/mol. The molecule has 20 heavy (non-hydrogen) atoms. The van der Waals surface area contributed by atoms with Crippen LogP contribution in [0.4, 0.5) is 0 Å². The number of aliphatic hydroxyl groups excluding tert-OH is 1. The molecule has 1 heterocycles. The monoisotopic (exact) mass is 291 g/mol. The summed E-state index contributed by atoms with van der Waals surface area (Å²) in [5.41, 5.74) is 0.923. The van der Waals surface area contributed by atoms with E-state index >= 15 is 0 Å². The Morgan fingerprint density at radius 2 is 2.00 bits per heavy atom. The van der Waals surface area contributed by atoms with Crippen molar-refractivity contribution in [2.45, 2.75) is 18.0 Å². The molecule has 1 aromatic carbocycles. The summed E-state index contributed by atoms with van der Waals surface area (Å²) in [7, 11) is -3.40. The molecule has 0 atom stereocenters. The minimum atomic E-state index is -3.40. The highest BCUT2D eigenvalue weighted by atomic mass is 32.2. The predicted octanol–water partition coefficient (Wildman–Crippen LogP) is 0.721. The first-order valence-corrected chi connectivity index (χ1v) is 7.55. The van der Waals surface area contributed by atoms with E-state index in [4.69, 9.17) is 10.4 Å². The Labute approximate surface area is 116 Å². The van der Waals surface area contributed by atoms with Crippen molar-refractivity contribution in [3.8, 4) is 6.07 Å². The van der Waals surface area contributed by atoms with E-state index in [2.05, 4.69) is 4.98 Å². The molecule has 6 nitrogen and oxygen atoms in total. The molecule has 0 aliphatic heterocycles. The Morgan fingerprint density at radius 1 is 1.30 bits per heavy atom. The number of imidazole rings is 1. The molecule has 0 aliphatic rings. The summed E-state index contributed by atoms with van der Waals surface area (Å²) in [5.74, 6) is -0.0693. The van der Waals surface area contributed by atoms with Gasteiger partial charge in [-0.25, -0.2) is 13.4 Å². The molecule has 0 fully saturated rings. The van der Waals surface area contributed by atoms with Crippen molar-refractivity contribution in [3.63, 3.8) is 0 Å². The van der Waals surface area contributed by atoms with E-state index in [1.807, 2.05) is 6.07 Å². The topological polar surface area (TPSA) is 96.0 Å². The van der Waals surface area contributed by atoms with Gasteiger partial charge >= 0.3 is 0 Å². The minimum Gasteiger partial charge on any atom is -0.390 e. The fraction of sp³-hybridized carbons (Fsp3) is 0.231. The third-order valence-electron chi connectivity index (χ3n) is 2.81. The van der Waals surface area contributed by atoms with Gasteiger partial charge in [-0.2, -0.15) is 5.26 Å². The number of hydrogen-bond donors (Lipinski definition) is 1. The quantitative estimate of drug-likeness (QED) is 0.875. The number of aryl methyl sites for hydroxylation is 1. The van der Waals surface area contributed by atoms with Gasteiger partial charge < -0.3 is 9.67 Å². The lowest BCUT2D eigenvalue weighted by Gasteiger charge is -2.05. The molecule has 2 aromatic rings. The van der Waals surface area contributed by atoms with E-state index in [9.17, 15) is 8.42 Å². The van der Waals surface area contributed by atoms with Crippen LogP contribution in [0.3, 0.4) is 0 Å². The van der Waals surface area contributed by atoms with Gasteiger partial charge in [0.25, 0.3) is 0 Å². The molecule has 0 unspecified atom stereocenters. The molecule has 0 bridgehead atoms. The summed E-state index contributed by atoms with van der Waals surface area (Å²) < 4.78 is 25.8. The fourth-order valence-electron chi connectivity index (χ4n) is 1.69. The molecule has 0 saturated heterocycles. The van der Waals surface area contributed by atoms with E-state index < -0.39 is 9.84 Å². The molecule has 0 amide bonds. The van der Waals surface area contributed by atoms with Crippen LogP contribution in [0.5, 0.6) is 0 Å². The average Bonchev–Trinajstić information content (AvgIpc) is 2.93. The molecule has 7 heteroatoms. The summed E-state index contributed by atoms with van der Waals surface area (Å²) in [6.45, 7) is 0.0880. The van der Waals surface area contributed by atoms with Gasteiger partial charge in [-0.3, -0.25) is 0 Å². The van der Waals surface area contributed by atoms with Crippen molar-refractivity contribution < 1.29 is 13.5 Å². The number of rotatable bonds is 5. The standard InChI is InChI=1S/C13H13N3O3S/c14-7-11-1-3-13(4-2-11)20(18,19)6-5-16-8-12(9-17)15-10-16/h1-4,8,10,17H,5-6,9H2. The van der Waals surface area contributed by atoms with Crippen molar-refractivity contribution in [1.29, 1.82) is 5.26 Å². The van der Waals surface area contributed by atoms with E-state index in [1.165, 1.54) is 30.6 Å². The first-order valence-electron chi connectivity index (χ1n) is 5.89. The molecule has 0 saturated carbocycles. The van der Waals surface area contributed by atoms with Crippen molar-refractivity contribution in [3.05, 3.63) is 48.0 Å². The highest BCUT2D eigenvalue weighted by Crippen LogP contribution is 2.12. The number of aromatic nitrogens is 2. The smallest absolute Gasteiger partial charge is 0.180 e. The molecule has 0 aliphatic carbocycles. The molecule has 104 valence electrons. The highest BCUT2D eigenvalue weighted by molar-refractivity contribution is 7.91. The molecule has 0 radical (unpaired) electrons. The number of benzene rings is 1.